The molecule has 1 fully saturated rings. The lowest BCUT2D eigenvalue weighted by Gasteiger charge is -2.32. The molecule has 0 aromatic heterocycles. The summed E-state index contributed by atoms with van der Waals surface area (Å²) in [6, 6.07) is 22.2. The van der Waals surface area contributed by atoms with Crippen LogP contribution in [0.3, 0.4) is 0 Å². The van der Waals surface area contributed by atoms with E-state index in [9.17, 15) is 15.0 Å². The molecule has 2 heterocycles. The van der Waals surface area contributed by atoms with Crippen molar-refractivity contribution in [3.8, 4) is 5.75 Å². The van der Waals surface area contributed by atoms with Crippen LogP contribution in [0.4, 0.5) is 5.69 Å². The zero-order valence-corrected chi connectivity index (χ0v) is 20.7. The van der Waals surface area contributed by atoms with Crippen molar-refractivity contribution in [1.82, 2.24) is 4.90 Å². The molecule has 5 nitrogen and oxygen atoms in total. The van der Waals surface area contributed by atoms with Crippen LogP contribution >= 0.6 is 15.9 Å². The SMILES string of the molecule is CN1CC[C@@]2(C)c3cc(O)cc(Br)c3N(C)[C@@H]12.O=C(O)C(c1ccccc1)c1ccccc1. The van der Waals surface area contributed by atoms with E-state index in [4.69, 9.17) is 0 Å². The number of hydrogen-bond donors (Lipinski definition) is 2. The first kappa shape index (κ1) is 23.3. The maximum Gasteiger partial charge on any atom is 0.315 e. The van der Waals surface area contributed by atoms with Gasteiger partial charge in [0.2, 0.25) is 0 Å². The molecule has 0 radical (unpaired) electrons. The number of halogens is 1. The molecule has 2 aliphatic rings. The monoisotopic (exact) mass is 508 g/mol. The molecule has 2 aliphatic heterocycles. The van der Waals surface area contributed by atoms with Gasteiger partial charge in [-0.05, 0) is 58.2 Å². The molecule has 1 saturated heterocycles. The summed E-state index contributed by atoms with van der Waals surface area (Å²) in [7, 11) is 4.31. The summed E-state index contributed by atoms with van der Waals surface area (Å²) in [5.41, 5.74) is 4.23. The van der Waals surface area contributed by atoms with Crippen molar-refractivity contribution >= 4 is 27.6 Å². The Kier molecular flexibility index (Phi) is 6.50. The third kappa shape index (κ3) is 4.25. The number of anilines is 1. The Morgan fingerprint density at radius 1 is 1.03 bits per heavy atom. The summed E-state index contributed by atoms with van der Waals surface area (Å²) in [4.78, 5) is 16.0. The molecule has 0 saturated carbocycles. The zero-order chi connectivity index (χ0) is 23.8. The summed E-state index contributed by atoms with van der Waals surface area (Å²) in [5, 5.41) is 19.1. The van der Waals surface area contributed by atoms with Gasteiger partial charge in [0.15, 0.2) is 0 Å². The van der Waals surface area contributed by atoms with E-state index in [1.807, 2.05) is 66.7 Å². The third-order valence-electron chi connectivity index (χ3n) is 6.87. The molecule has 6 heteroatoms. The van der Waals surface area contributed by atoms with Crippen LogP contribution in [-0.4, -0.2) is 47.9 Å². The Labute approximate surface area is 203 Å². The van der Waals surface area contributed by atoms with Crippen LogP contribution in [0.15, 0.2) is 77.3 Å². The molecule has 2 N–H and O–H groups in total. The Balaban J connectivity index is 0.000000157. The van der Waals surface area contributed by atoms with Crippen molar-refractivity contribution in [2.45, 2.75) is 30.8 Å². The number of rotatable bonds is 3. The van der Waals surface area contributed by atoms with Gasteiger partial charge in [0, 0.05) is 23.5 Å². The minimum atomic E-state index is -0.822. The minimum absolute atomic E-state index is 0.125. The van der Waals surface area contributed by atoms with E-state index in [0.717, 1.165) is 28.6 Å². The second kappa shape index (κ2) is 9.20. The van der Waals surface area contributed by atoms with E-state index in [1.165, 1.54) is 11.3 Å². The number of benzene rings is 3. The predicted octanol–water partition coefficient (Wildman–Crippen LogP) is 5.43. The first-order chi connectivity index (χ1) is 15.7. The van der Waals surface area contributed by atoms with Crippen molar-refractivity contribution < 1.29 is 15.0 Å². The number of carboxylic acids is 1. The Hall–Kier alpha value is -2.83. The van der Waals surface area contributed by atoms with Gasteiger partial charge >= 0.3 is 5.97 Å². The molecular weight excluding hydrogens is 480 g/mol. The highest BCUT2D eigenvalue weighted by molar-refractivity contribution is 9.10. The number of phenolic OH excluding ortho intramolecular Hbond substituents is 1. The van der Waals surface area contributed by atoms with Crippen LogP contribution in [-0.2, 0) is 10.2 Å². The average molecular weight is 509 g/mol. The van der Waals surface area contributed by atoms with Crippen molar-refractivity contribution in [2.24, 2.45) is 0 Å². The fourth-order valence-electron chi connectivity index (χ4n) is 5.41. The molecular formula is C27H29BrN2O3. The van der Waals surface area contributed by atoms with E-state index < -0.39 is 11.9 Å². The molecule has 33 heavy (non-hydrogen) atoms. The summed E-state index contributed by atoms with van der Waals surface area (Å²) in [5.74, 6) is -1.06. The first-order valence-electron chi connectivity index (χ1n) is 11.0. The lowest BCUT2D eigenvalue weighted by Crippen LogP contribution is -2.45. The van der Waals surface area contributed by atoms with Gasteiger partial charge in [0.1, 0.15) is 11.7 Å². The van der Waals surface area contributed by atoms with E-state index in [0.29, 0.717) is 11.9 Å². The fraction of sp³-hybridized carbons (Fsp3) is 0.296. The van der Waals surface area contributed by atoms with Crippen LogP contribution in [0.25, 0.3) is 0 Å². The highest BCUT2D eigenvalue weighted by Crippen LogP contribution is 2.54. The van der Waals surface area contributed by atoms with Crippen molar-refractivity contribution in [3.05, 3.63) is 94.0 Å². The third-order valence-corrected chi connectivity index (χ3v) is 7.47. The van der Waals surface area contributed by atoms with Crippen LogP contribution in [0, 0.1) is 0 Å². The molecule has 0 bridgehead atoms. The number of aromatic hydroxyl groups is 1. The van der Waals surface area contributed by atoms with Gasteiger partial charge in [-0.25, -0.2) is 0 Å². The zero-order valence-electron chi connectivity index (χ0n) is 19.1. The summed E-state index contributed by atoms with van der Waals surface area (Å²) < 4.78 is 0.985. The van der Waals surface area contributed by atoms with Gasteiger partial charge in [-0.2, -0.15) is 0 Å². The van der Waals surface area contributed by atoms with E-state index in [2.05, 4.69) is 46.7 Å². The number of phenols is 1. The van der Waals surface area contributed by atoms with E-state index in [1.54, 1.807) is 6.07 Å². The predicted molar refractivity (Wildman–Crippen MR) is 135 cm³/mol. The maximum absolute atomic E-state index is 11.3. The van der Waals surface area contributed by atoms with Crippen LogP contribution < -0.4 is 4.90 Å². The molecule has 3 aromatic rings. The van der Waals surface area contributed by atoms with E-state index in [-0.39, 0.29) is 5.41 Å². The molecule has 172 valence electrons. The number of carboxylic acid groups (broad SMARTS) is 1. The van der Waals surface area contributed by atoms with Crippen molar-refractivity contribution in [2.75, 3.05) is 25.5 Å². The van der Waals surface area contributed by atoms with Gasteiger partial charge in [0.25, 0.3) is 0 Å². The van der Waals surface area contributed by atoms with Crippen LogP contribution in [0.1, 0.15) is 36.0 Å². The Bertz CT molecular complexity index is 1100. The number of hydrogen-bond acceptors (Lipinski definition) is 4. The summed E-state index contributed by atoms with van der Waals surface area (Å²) in [6.07, 6.45) is 1.54. The Morgan fingerprint density at radius 2 is 1.58 bits per heavy atom. The average Bonchev–Trinajstić information content (AvgIpc) is 3.21. The smallest absolute Gasteiger partial charge is 0.315 e. The number of likely N-dealkylation sites (tertiary alicyclic amines) is 1. The van der Waals surface area contributed by atoms with Gasteiger partial charge in [0.05, 0.1) is 11.9 Å². The number of fused-ring (bicyclic) bond motifs is 3. The van der Waals surface area contributed by atoms with Gasteiger partial charge in [-0.3, -0.25) is 9.69 Å². The van der Waals surface area contributed by atoms with Crippen LogP contribution in [0.5, 0.6) is 5.75 Å². The van der Waals surface area contributed by atoms with Gasteiger partial charge in [-0.15, -0.1) is 0 Å². The second-order valence-corrected chi connectivity index (χ2v) is 9.90. The molecule has 3 aromatic carbocycles. The molecule has 2 atom stereocenters. The minimum Gasteiger partial charge on any atom is -0.508 e. The van der Waals surface area contributed by atoms with Gasteiger partial charge in [-0.1, -0.05) is 67.6 Å². The highest BCUT2D eigenvalue weighted by atomic mass is 79.9. The molecule has 0 aliphatic carbocycles. The second-order valence-electron chi connectivity index (χ2n) is 9.05. The molecule has 0 unspecified atom stereocenters. The highest BCUT2D eigenvalue weighted by Gasteiger charge is 2.52. The molecule has 0 amide bonds. The standard InChI is InChI=1S/C14H12O2.C13H17BrN2O/c15-14(16)13(11-7-3-1-4-8-11)12-9-5-2-6-10-12;1-13-4-5-15(2)12(13)16(3)11-9(13)6-8(17)7-10(11)14/h1-10,13H,(H,15,16);6-7,12,17H,4-5H2,1-3H3/t;12-,13+/m.1/s1. The Morgan fingerprint density at radius 3 is 2.09 bits per heavy atom. The fourth-order valence-corrected chi connectivity index (χ4v) is 6.14. The van der Waals surface area contributed by atoms with Gasteiger partial charge < -0.3 is 15.1 Å². The largest absolute Gasteiger partial charge is 0.508 e. The number of aliphatic carboxylic acids is 1. The maximum atomic E-state index is 11.3. The molecule has 0 spiro atoms. The quantitative estimate of drug-likeness (QED) is 0.493. The summed E-state index contributed by atoms with van der Waals surface area (Å²) >= 11 is 3.57. The first-order valence-corrected chi connectivity index (χ1v) is 11.8. The normalized spacial score (nSPS) is 21.4. The summed E-state index contributed by atoms with van der Waals surface area (Å²) in [6.45, 7) is 3.41. The number of likely N-dealkylation sites (N-methyl/N-ethyl adjacent to an activating group) is 2. The lowest BCUT2D eigenvalue weighted by molar-refractivity contribution is -0.137. The number of nitrogens with zero attached hydrogens (tertiary/aromatic N) is 2. The van der Waals surface area contributed by atoms with Crippen LogP contribution in [0.2, 0.25) is 0 Å². The van der Waals surface area contributed by atoms with Crippen molar-refractivity contribution in [1.29, 1.82) is 0 Å². The topological polar surface area (TPSA) is 64.0 Å². The number of carbonyl (C=O) groups is 1. The van der Waals surface area contributed by atoms with Crippen molar-refractivity contribution in [3.63, 3.8) is 0 Å². The lowest BCUT2D eigenvalue weighted by atomic mass is 9.81. The van der Waals surface area contributed by atoms with E-state index >= 15 is 0 Å². The molecule has 5 rings (SSSR count).